The number of aryl methyl sites for hydroxylation is 1. The predicted octanol–water partition coefficient (Wildman–Crippen LogP) is 4.29. The number of hydrogen-bond acceptors (Lipinski definition) is 3. The molecule has 0 radical (unpaired) electrons. The molecule has 1 aromatic heterocycles. The minimum Gasteiger partial charge on any atom is -0.369 e. The Morgan fingerprint density at radius 1 is 1.28 bits per heavy atom. The maximum absolute atomic E-state index is 13.9. The number of nitrogens with one attached hydrogen (secondary N) is 1. The van der Waals surface area contributed by atoms with Gasteiger partial charge in [0.05, 0.1) is 15.6 Å². The number of pyridine rings is 1. The van der Waals surface area contributed by atoms with Crippen molar-refractivity contribution in [1.29, 1.82) is 0 Å². The van der Waals surface area contributed by atoms with E-state index in [9.17, 15) is 14.0 Å². The summed E-state index contributed by atoms with van der Waals surface area (Å²) < 4.78 is 15.4. The molecule has 3 rings (SSSR count). The van der Waals surface area contributed by atoms with Crippen molar-refractivity contribution in [3.8, 4) is 0 Å². The molecule has 4 nitrogen and oxygen atoms in total. The molecule has 25 heavy (non-hydrogen) atoms. The first-order valence-corrected chi connectivity index (χ1v) is 8.89. The average Bonchev–Trinajstić information content (AvgIpc) is 3.06. The second kappa shape index (κ2) is 7.18. The molecule has 0 spiro atoms. The zero-order valence-electron chi connectivity index (χ0n) is 13.7. The maximum atomic E-state index is 13.9. The van der Waals surface area contributed by atoms with Gasteiger partial charge in [-0.15, -0.1) is 0 Å². The SMILES string of the molecule is CCCCc1cc(=O)n2c(c1C(=O)c1cc(F)c(Cl)cc1Cl)NCC2. The summed E-state index contributed by atoms with van der Waals surface area (Å²) in [5, 5.41) is 3.05. The molecule has 0 amide bonds. The molecule has 0 saturated carbocycles. The van der Waals surface area contributed by atoms with E-state index in [1.54, 1.807) is 0 Å². The van der Waals surface area contributed by atoms with Gasteiger partial charge in [-0.2, -0.15) is 0 Å². The van der Waals surface area contributed by atoms with Crippen LogP contribution in [0.5, 0.6) is 0 Å². The normalized spacial score (nSPS) is 12.8. The topological polar surface area (TPSA) is 51.1 Å². The average molecular weight is 383 g/mol. The highest BCUT2D eigenvalue weighted by Gasteiger charge is 2.26. The molecule has 7 heteroatoms. The van der Waals surface area contributed by atoms with Gasteiger partial charge in [-0.3, -0.25) is 14.2 Å². The van der Waals surface area contributed by atoms with Gasteiger partial charge in [0.15, 0.2) is 5.78 Å². The number of anilines is 1. The Morgan fingerprint density at radius 2 is 2.04 bits per heavy atom. The van der Waals surface area contributed by atoms with E-state index < -0.39 is 11.6 Å². The maximum Gasteiger partial charge on any atom is 0.252 e. The zero-order valence-corrected chi connectivity index (χ0v) is 15.2. The first kappa shape index (κ1) is 18.0. The van der Waals surface area contributed by atoms with Crippen LogP contribution in [0.3, 0.4) is 0 Å². The van der Waals surface area contributed by atoms with Crippen molar-refractivity contribution in [2.75, 3.05) is 11.9 Å². The summed E-state index contributed by atoms with van der Waals surface area (Å²) in [7, 11) is 0. The highest BCUT2D eigenvalue weighted by atomic mass is 35.5. The van der Waals surface area contributed by atoms with E-state index in [1.165, 1.54) is 16.7 Å². The fourth-order valence-corrected chi connectivity index (χ4v) is 3.51. The number of halogens is 3. The third kappa shape index (κ3) is 3.31. The Labute approximate surface area is 154 Å². The van der Waals surface area contributed by atoms with Crippen LogP contribution in [0.1, 0.15) is 41.3 Å². The summed E-state index contributed by atoms with van der Waals surface area (Å²) in [4.78, 5) is 25.4. The Hall–Kier alpha value is -1.85. The van der Waals surface area contributed by atoms with Gasteiger partial charge in [-0.25, -0.2) is 4.39 Å². The number of carbonyl (C=O) groups is 1. The molecule has 0 fully saturated rings. The molecule has 0 atom stereocenters. The minimum atomic E-state index is -0.706. The zero-order chi connectivity index (χ0) is 18.1. The van der Waals surface area contributed by atoms with Crippen molar-refractivity contribution in [2.45, 2.75) is 32.7 Å². The number of hydrogen-bond donors (Lipinski definition) is 1. The standard InChI is InChI=1S/C18H17Cl2FN2O2/c1-2-3-4-10-7-15(24)23-6-5-22-18(23)16(10)17(25)11-8-14(21)13(20)9-12(11)19/h7-9,22H,2-6H2,1H3. The third-order valence-corrected chi connectivity index (χ3v) is 4.90. The second-order valence-electron chi connectivity index (χ2n) is 5.99. The largest absolute Gasteiger partial charge is 0.369 e. The number of fused-ring (bicyclic) bond motifs is 1. The Kier molecular flexibility index (Phi) is 5.16. The quantitative estimate of drug-likeness (QED) is 0.619. The Balaban J connectivity index is 2.18. The fourth-order valence-electron chi connectivity index (χ4n) is 3.04. The number of aromatic nitrogens is 1. The van der Waals surface area contributed by atoms with Gasteiger partial charge in [0.25, 0.3) is 5.56 Å². The van der Waals surface area contributed by atoms with Gasteiger partial charge in [0.1, 0.15) is 11.6 Å². The van der Waals surface area contributed by atoms with Crippen molar-refractivity contribution < 1.29 is 9.18 Å². The van der Waals surface area contributed by atoms with E-state index in [2.05, 4.69) is 5.32 Å². The van der Waals surface area contributed by atoms with Gasteiger partial charge in [-0.05, 0) is 30.5 Å². The molecule has 2 aromatic rings. The lowest BCUT2D eigenvalue weighted by molar-refractivity contribution is 0.103. The van der Waals surface area contributed by atoms with Gasteiger partial charge >= 0.3 is 0 Å². The molecule has 1 aromatic carbocycles. The molecule has 1 N–H and O–H groups in total. The summed E-state index contributed by atoms with van der Waals surface area (Å²) in [6.07, 6.45) is 2.36. The highest BCUT2D eigenvalue weighted by molar-refractivity contribution is 6.37. The number of nitrogens with zero attached hydrogens (tertiary/aromatic N) is 1. The van der Waals surface area contributed by atoms with E-state index in [1.807, 2.05) is 6.92 Å². The Morgan fingerprint density at radius 3 is 2.76 bits per heavy atom. The fraction of sp³-hybridized carbons (Fsp3) is 0.333. The van der Waals surface area contributed by atoms with E-state index in [4.69, 9.17) is 23.2 Å². The third-order valence-electron chi connectivity index (χ3n) is 4.30. The number of unbranched alkanes of at least 4 members (excludes halogenated alkanes) is 1. The van der Waals surface area contributed by atoms with Crippen LogP contribution in [0, 0.1) is 5.82 Å². The van der Waals surface area contributed by atoms with Gasteiger partial charge in [-0.1, -0.05) is 36.5 Å². The number of ketones is 1. The minimum absolute atomic E-state index is 0.0384. The van der Waals surface area contributed by atoms with Crippen LogP contribution < -0.4 is 10.9 Å². The second-order valence-corrected chi connectivity index (χ2v) is 6.80. The summed E-state index contributed by atoms with van der Waals surface area (Å²) in [6, 6.07) is 3.77. The van der Waals surface area contributed by atoms with Crippen LogP contribution in [0.2, 0.25) is 10.0 Å². The predicted molar refractivity (Wildman–Crippen MR) is 97.7 cm³/mol. The number of carbonyl (C=O) groups excluding carboxylic acids is 1. The lowest BCUT2D eigenvalue weighted by Gasteiger charge is -2.15. The molecular formula is C18H17Cl2FN2O2. The van der Waals surface area contributed by atoms with Crippen LogP contribution in [0.4, 0.5) is 10.2 Å². The van der Waals surface area contributed by atoms with Crippen LogP contribution in [-0.2, 0) is 13.0 Å². The highest BCUT2D eigenvalue weighted by Crippen LogP contribution is 2.31. The van der Waals surface area contributed by atoms with E-state index in [0.29, 0.717) is 36.5 Å². The summed E-state index contributed by atoms with van der Waals surface area (Å²) in [5.41, 5.74) is 0.936. The lowest BCUT2D eigenvalue weighted by Crippen LogP contribution is -2.22. The molecule has 132 valence electrons. The first-order valence-electron chi connectivity index (χ1n) is 8.13. The molecule has 0 bridgehead atoms. The molecule has 0 saturated heterocycles. The van der Waals surface area contributed by atoms with Crippen molar-refractivity contribution >= 4 is 34.8 Å². The molecular weight excluding hydrogens is 366 g/mol. The first-order chi connectivity index (χ1) is 11.9. The van der Waals surface area contributed by atoms with E-state index in [-0.39, 0.29) is 21.2 Å². The van der Waals surface area contributed by atoms with Gasteiger partial charge in [0.2, 0.25) is 0 Å². The lowest BCUT2D eigenvalue weighted by atomic mass is 9.95. The van der Waals surface area contributed by atoms with Gasteiger partial charge < -0.3 is 5.32 Å². The monoisotopic (exact) mass is 382 g/mol. The van der Waals surface area contributed by atoms with Crippen molar-refractivity contribution in [3.63, 3.8) is 0 Å². The van der Waals surface area contributed by atoms with Gasteiger partial charge in [0, 0.05) is 24.7 Å². The molecule has 1 aliphatic heterocycles. The van der Waals surface area contributed by atoms with Crippen molar-refractivity contribution in [3.05, 3.63) is 61.1 Å². The summed E-state index contributed by atoms with van der Waals surface area (Å²) >= 11 is 11.8. The number of benzene rings is 1. The summed E-state index contributed by atoms with van der Waals surface area (Å²) in [6.45, 7) is 3.09. The van der Waals surface area contributed by atoms with E-state index >= 15 is 0 Å². The van der Waals surface area contributed by atoms with E-state index in [0.717, 1.165) is 18.9 Å². The van der Waals surface area contributed by atoms with Crippen molar-refractivity contribution in [1.82, 2.24) is 4.57 Å². The molecule has 0 aliphatic carbocycles. The molecule has 0 unspecified atom stereocenters. The smallest absolute Gasteiger partial charge is 0.252 e. The summed E-state index contributed by atoms with van der Waals surface area (Å²) in [5.74, 6) is -0.637. The Bertz CT molecular complexity index is 909. The van der Waals surface area contributed by atoms with Crippen LogP contribution in [0.15, 0.2) is 23.0 Å². The van der Waals surface area contributed by atoms with Crippen molar-refractivity contribution in [2.24, 2.45) is 0 Å². The molecule has 2 heterocycles. The van der Waals surface area contributed by atoms with Crippen LogP contribution in [0.25, 0.3) is 0 Å². The van der Waals surface area contributed by atoms with Crippen LogP contribution >= 0.6 is 23.2 Å². The number of rotatable bonds is 5. The molecule has 1 aliphatic rings. The van der Waals surface area contributed by atoms with Crippen LogP contribution in [-0.4, -0.2) is 16.9 Å².